The van der Waals surface area contributed by atoms with Crippen molar-refractivity contribution >= 4 is 0 Å². The van der Waals surface area contributed by atoms with Gasteiger partial charge in [-0.2, -0.15) is 0 Å². The molecule has 17 heavy (non-hydrogen) atoms. The van der Waals surface area contributed by atoms with Gasteiger partial charge in [0.25, 0.3) is 0 Å². The minimum absolute atomic E-state index is 0.302. The summed E-state index contributed by atoms with van der Waals surface area (Å²) in [7, 11) is 2.00. The molecule has 1 N–H and O–H groups in total. The zero-order chi connectivity index (χ0) is 12.1. The lowest BCUT2D eigenvalue weighted by molar-refractivity contribution is 0.169. The monoisotopic (exact) mass is 231 g/mol. The molecule has 0 bridgehead atoms. The van der Waals surface area contributed by atoms with Gasteiger partial charge in [-0.25, -0.2) is 0 Å². The second-order valence-corrected chi connectivity index (χ2v) is 4.57. The molecule has 0 aromatic heterocycles. The van der Waals surface area contributed by atoms with Gasteiger partial charge in [-0.3, -0.25) is 0 Å². The highest BCUT2D eigenvalue weighted by Crippen LogP contribution is 2.18. The minimum Gasteiger partial charge on any atom is -0.497 e. The molecule has 0 saturated carbocycles. The van der Waals surface area contributed by atoms with E-state index in [1.54, 1.807) is 0 Å². The Kier molecular flexibility index (Phi) is 4.21. The average molecular weight is 231 g/mol. The second-order valence-electron chi connectivity index (χ2n) is 4.57. The molecule has 2 rings (SSSR count). The van der Waals surface area contributed by atoms with Crippen LogP contribution in [0.15, 0.2) is 36.1 Å². The van der Waals surface area contributed by atoms with E-state index in [1.807, 2.05) is 7.05 Å². The molecule has 2 nitrogen and oxygen atoms in total. The molecule has 1 unspecified atom stereocenters. The number of hydrogen-bond acceptors (Lipinski definition) is 2. The van der Waals surface area contributed by atoms with Gasteiger partial charge < -0.3 is 10.1 Å². The van der Waals surface area contributed by atoms with Crippen LogP contribution in [0.3, 0.4) is 0 Å². The zero-order valence-electron chi connectivity index (χ0n) is 10.7. The van der Waals surface area contributed by atoms with Crippen molar-refractivity contribution in [3.05, 3.63) is 47.2 Å². The molecule has 0 saturated heterocycles. The highest BCUT2D eigenvalue weighted by molar-refractivity contribution is 5.28. The van der Waals surface area contributed by atoms with Gasteiger partial charge in [0, 0.05) is 0 Å². The summed E-state index contributed by atoms with van der Waals surface area (Å²) in [6.45, 7) is 3.02. The maximum atomic E-state index is 5.74. The van der Waals surface area contributed by atoms with E-state index in [9.17, 15) is 0 Å². The first-order valence-corrected chi connectivity index (χ1v) is 6.36. The minimum atomic E-state index is 0.302. The smallest absolute Gasteiger partial charge is 0.109 e. The Morgan fingerprint density at radius 1 is 1.35 bits per heavy atom. The summed E-state index contributed by atoms with van der Waals surface area (Å²) < 4.78 is 5.74. The number of allylic oxidation sites excluding steroid dienone is 1. The Morgan fingerprint density at radius 3 is 2.82 bits per heavy atom. The molecule has 1 heterocycles. The standard InChI is InChI=1S/C15H21NO/c1-12-7-3-4-8-13(12)11-14(16-2)15-9-5-6-10-17-15/h3-4,7-9,14,16H,5-6,10-11H2,1-2H3. The summed E-state index contributed by atoms with van der Waals surface area (Å²) in [6, 6.07) is 8.85. The van der Waals surface area contributed by atoms with E-state index < -0.39 is 0 Å². The van der Waals surface area contributed by atoms with Gasteiger partial charge in [-0.15, -0.1) is 0 Å². The number of aryl methyl sites for hydroxylation is 1. The van der Waals surface area contributed by atoms with Crippen LogP contribution in [0.1, 0.15) is 24.0 Å². The molecule has 1 aromatic carbocycles. The fourth-order valence-electron chi connectivity index (χ4n) is 2.22. The van der Waals surface area contributed by atoms with Crippen molar-refractivity contribution < 1.29 is 4.74 Å². The van der Waals surface area contributed by atoms with Gasteiger partial charge in [0.15, 0.2) is 0 Å². The zero-order valence-corrected chi connectivity index (χ0v) is 10.7. The maximum absolute atomic E-state index is 5.74. The van der Waals surface area contributed by atoms with E-state index in [2.05, 4.69) is 42.6 Å². The van der Waals surface area contributed by atoms with Gasteiger partial charge in [-0.05, 0) is 50.4 Å². The summed E-state index contributed by atoms with van der Waals surface area (Å²) in [5.74, 6) is 1.11. The first-order chi connectivity index (χ1) is 8.31. The summed E-state index contributed by atoms with van der Waals surface area (Å²) in [6.07, 6.45) is 5.50. The van der Waals surface area contributed by atoms with Gasteiger partial charge in [0.05, 0.1) is 12.6 Å². The summed E-state index contributed by atoms with van der Waals surface area (Å²) in [4.78, 5) is 0. The van der Waals surface area contributed by atoms with Crippen molar-refractivity contribution in [2.45, 2.75) is 32.2 Å². The Hall–Kier alpha value is -1.28. The normalized spacial score (nSPS) is 17.2. The second kappa shape index (κ2) is 5.87. The summed E-state index contributed by atoms with van der Waals surface area (Å²) in [5, 5.41) is 3.35. The molecule has 0 fully saturated rings. The number of likely N-dealkylation sites (N-methyl/N-ethyl adjacent to an activating group) is 1. The quantitative estimate of drug-likeness (QED) is 0.860. The Balaban J connectivity index is 2.09. The van der Waals surface area contributed by atoms with Crippen LogP contribution in [0.25, 0.3) is 0 Å². The molecule has 0 aliphatic carbocycles. The molecular weight excluding hydrogens is 210 g/mol. The molecule has 92 valence electrons. The molecular formula is C15H21NO. The largest absolute Gasteiger partial charge is 0.497 e. The molecule has 0 radical (unpaired) electrons. The lowest BCUT2D eigenvalue weighted by atomic mass is 9.99. The van der Waals surface area contributed by atoms with Crippen LogP contribution in [0, 0.1) is 6.92 Å². The van der Waals surface area contributed by atoms with E-state index in [4.69, 9.17) is 4.74 Å². The lowest BCUT2D eigenvalue weighted by Gasteiger charge is -2.24. The molecule has 1 aliphatic heterocycles. The Morgan fingerprint density at radius 2 is 2.18 bits per heavy atom. The predicted octanol–water partition coefficient (Wildman–Crippen LogP) is 2.82. The molecule has 1 atom stereocenters. The average Bonchev–Trinajstić information content (AvgIpc) is 2.39. The summed E-state index contributed by atoms with van der Waals surface area (Å²) in [5.41, 5.74) is 2.74. The van der Waals surface area contributed by atoms with Crippen LogP contribution in [0.2, 0.25) is 0 Å². The van der Waals surface area contributed by atoms with E-state index >= 15 is 0 Å². The first kappa shape index (κ1) is 12.2. The summed E-state index contributed by atoms with van der Waals surface area (Å²) >= 11 is 0. The number of rotatable bonds is 4. The van der Waals surface area contributed by atoms with Crippen molar-refractivity contribution in [3.8, 4) is 0 Å². The van der Waals surface area contributed by atoms with Crippen LogP contribution in [-0.4, -0.2) is 19.7 Å². The van der Waals surface area contributed by atoms with Crippen molar-refractivity contribution in [1.82, 2.24) is 5.32 Å². The fraction of sp³-hybridized carbons (Fsp3) is 0.467. The number of ether oxygens (including phenoxy) is 1. The third-order valence-electron chi connectivity index (χ3n) is 3.34. The van der Waals surface area contributed by atoms with Gasteiger partial charge in [0.1, 0.15) is 5.76 Å². The van der Waals surface area contributed by atoms with Crippen LogP contribution in [0.5, 0.6) is 0 Å². The molecule has 1 aliphatic rings. The lowest BCUT2D eigenvalue weighted by Crippen LogP contribution is -2.32. The number of benzene rings is 1. The SMILES string of the molecule is CNC(Cc1ccccc1C)C1=CCCCO1. The van der Waals surface area contributed by atoms with Crippen LogP contribution in [0.4, 0.5) is 0 Å². The van der Waals surface area contributed by atoms with Gasteiger partial charge >= 0.3 is 0 Å². The first-order valence-electron chi connectivity index (χ1n) is 6.36. The van der Waals surface area contributed by atoms with E-state index in [0.29, 0.717) is 6.04 Å². The predicted molar refractivity (Wildman–Crippen MR) is 71.0 cm³/mol. The van der Waals surface area contributed by atoms with E-state index in [-0.39, 0.29) is 0 Å². The molecule has 0 spiro atoms. The molecule has 0 amide bonds. The van der Waals surface area contributed by atoms with Crippen LogP contribution >= 0.6 is 0 Å². The third-order valence-corrected chi connectivity index (χ3v) is 3.34. The fourth-order valence-corrected chi connectivity index (χ4v) is 2.22. The maximum Gasteiger partial charge on any atom is 0.109 e. The van der Waals surface area contributed by atoms with Crippen LogP contribution in [-0.2, 0) is 11.2 Å². The highest BCUT2D eigenvalue weighted by Gasteiger charge is 2.17. The van der Waals surface area contributed by atoms with E-state index in [0.717, 1.165) is 31.6 Å². The van der Waals surface area contributed by atoms with Gasteiger partial charge in [-0.1, -0.05) is 24.3 Å². The Bertz CT molecular complexity index is 398. The molecule has 1 aromatic rings. The molecule has 2 heteroatoms. The van der Waals surface area contributed by atoms with E-state index in [1.165, 1.54) is 11.1 Å². The topological polar surface area (TPSA) is 21.3 Å². The van der Waals surface area contributed by atoms with Crippen molar-refractivity contribution in [2.24, 2.45) is 0 Å². The Labute approximate surface area is 104 Å². The van der Waals surface area contributed by atoms with Crippen molar-refractivity contribution in [1.29, 1.82) is 0 Å². The van der Waals surface area contributed by atoms with Crippen molar-refractivity contribution in [2.75, 3.05) is 13.7 Å². The number of hydrogen-bond donors (Lipinski definition) is 1. The third kappa shape index (κ3) is 3.10. The number of nitrogens with one attached hydrogen (secondary N) is 1. The van der Waals surface area contributed by atoms with Gasteiger partial charge in [0.2, 0.25) is 0 Å². The van der Waals surface area contributed by atoms with Crippen LogP contribution < -0.4 is 5.32 Å². The highest BCUT2D eigenvalue weighted by atomic mass is 16.5. The van der Waals surface area contributed by atoms with Crippen molar-refractivity contribution in [3.63, 3.8) is 0 Å².